The van der Waals surface area contributed by atoms with Gasteiger partial charge in [0.2, 0.25) is 0 Å². The highest BCUT2D eigenvalue weighted by atomic mass is 16.2. The molecule has 0 saturated carbocycles. The molecule has 23 heavy (non-hydrogen) atoms. The van der Waals surface area contributed by atoms with E-state index in [4.69, 9.17) is 0 Å². The number of benzene rings is 1. The molecule has 2 aromatic heterocycles. The minimum Gasteiger partial charge on any atom is -0.338 e. The molecule has 0 bridgehead atoms. The first kappa shape index (κ1) is 15.0. The zero-order valence-corrected chi connectivity index (χ0v) is 12.9. The predicted octanol–water partition coefficient (Wildman–Crippen LogP) is 2.53. The maximum atomic E-state index is 13.0. The van der Waals surface area contributed by atoms with Crippen LogP contribution in [-0.4, -0.2) is 32.6 Å². The Bertz CT molecular complexity index is 741. The van der Waals surface area contributed by atoms with E-state index in [1.54, 1.807) is 29.0 Å². The van der Waals surface area contributed by atoms with E-state index in [9.17, 15) is 4.79 Å². The Kier molecular flexibility index (Phi) is 4.47. The van der Waals surface area contributed by atoms with E-state index in [2.05, 4.69) is 10.1 Å². The van der Waals surface area contributed by atoms with Crippen molar-refractivity contribution in [2.45, 2.75) is 12.6 Å². The van der Waals surface area contributed by atoms with Crippen molar-refractivity contribution in [1.29, 1.82) is 0 Å². The van der Waals surface area contributed by atoms with Gasteiger partial charge in [-0.1, -0.05) is 36.4 Å². The maximum absolute atomic E-state index is 13.0. The average molecular weight is 306 g/mol. The van der Waals surface area contributed by atoms with Crippen LogP contribution in [0, 0.1) is 0 Å². The Morgan fingerprint density at radius 1 is 1.09 bits per heavy atom. The highest BCUT2D eigenvalue weighted by molar-refractivity contribution is 5.83. The van der Waals surface area contributed by atoms with Crippen molar-refractivity contribution >= 4 is 5.91 Å². The van der Waals surface area contributed by atoms with E-state index >= 15 is 0 Å². The molecule has 0 N–H and O–H groups in total. The maximum Gasteiger partial charge on any atom is 0.252 e. The fourth-order valence-electron chi connectivity index (χ4n) is 2.50. The molecule has 2 heterocycles. The van der Waals surface area contributed by atoms with Crippen LogP contribution in [0.1, 0.15) is 17.3 Å². The minimum absolute atomic E-state index is 0.0226. The first-order valence-corrected chi connectivity index (χ1v) is 7.44. The van der Waals surface area contributed by atoms with Crippen LogP contribution in [0.3, 0.4) is 0 Å². The van der Waals surface area contributed by atoms with Gasteiger partial charge in [-0.15, -0.1) is 0 Å². The molecule has 0 aliphatic heterocycles. The summed E-state index contributed by atoms with van der Waals surface area (Å²) in [7, 11) is 1.79. The number of hydrogen-bond donors (Lipinski definition) is 0. The zero-order chi connectivity index (χ0) is 16.1. The first-order chi connectivity index (χ1) is 11.3. The number of aromatic nitrogens is 3. The molecule has 1 aromatic carbocycles. The van der Waals surface area contributed by atoms with Gasteiger partial charge in [-0.3, -0.25) is 14.5 Å². The molecule has 0 radical (unpaired) electrons. The van der Waals surface area contributed by atoms with Gasteiger partial charge in [-0.25, -0.2) is 0 Å². The number of rotatable bonds is 5. The van der Waals surface area contributed by atoms with Gasteiger partial charge < -0.3 is 4.90 Å². The molecule has 1 amide bonds. The molecule has 1 atom stereocenters. The van der Waals surface area contributed by atoms with Gasteiger partial charge >= 0.3 is 0 Å². The van der Waals surface area contributed by atoms with Crippen LogP contribution in [0.25, 0.3) is 0 Å². The number of pyridine rings is 1. The fraction of sp³-hybridized carbons (Fsp3) is 0.167. The molecular weight excluding hydrogens is 288 g/mol. The van der Waals surface area contributed by atoms with Crippen molar-refractivity contribution < 1.29 is 4.79 Å². The SMILES string of the molecule is CN(Cc1ccccn1)C(=O)[C@@H](c1ccccc1)n1cccn1. The van der Waals surface area contributed by atoms with Crippen molar-refractivity contribution in [3.8, 4) is 0 Å². The second kappa shape index (κ2) is 6.87. The Labute approximate surface area is 135 Å². The predicted molar refractivity (Wildman–Crippen MR) is 87.5 cm³/mol. The summed E-state index contributed by atoms with van der Waals surface area (Å²) in [5, 5.41) is 4.26. The van der Waals surface area contributed by atoms with Gasteiger partial charge in [0.05, 0.1) is 12.2 Å². The molecule has 0 unspecified atom stereocenters. The van der Waals surface area contributed by atoms with Gasteiger partial charge in [0.15, 0.2) is 6.04 Å². The third-order valence-electron chi connectivity index (χ3n) is 3.64. The summed E-state index contributed by atoms with van der Waals surface area (Å²) in [6.45, 7) is 0.463. The van der Waals surface area contributed by atoms with Crippen molar-refractivity contribution in [1.82, 2.24) is 19.7 Å². The largest absolute Gasteiger partial charge is 0.338 e. The van der Waals surface area contributed by atoms with Crippen LogP contribution in [0.2, 0.25) is 0 Å². The van der Waals surface area contributed by atoms with E-state index in [0.717, 1.165) is 11.3 Å². The number of likely N-dealkylation sites (N-methyl/N-ethyl adjacent to an activating group) is 1. The molecule has 3 rings (SSSR count). The highest BCUT2D eigenvalue weighted by Crippen LogP contribution is 2.20. The Morgan fingerprint density at radius 2 is 1.87 bits per heavy atom. The molecule has 5 nitrogen and oxygen atoms in total. The summed E-state index contributed by atoms with van der Waals surface area (Å²) in [4.78, 5) is 18.9. The van der Waals surface area contributed by atoms with Crippen LogP contribution in [-0.2, 0) is 11.3 Å². The third kappa shape index (κ3) is 3.45. The molecule has 3 aromatic rings. The van der Waals surface area contributed by atoms with Crippen LogP contribution < -0.4 is 0 Å². The molecule has 5 heteroatoms. The van der Waals surface area contributed by atoms with Crippen LogP contribution >= 0.6 is 0 Å². The van der Waals surface area contributed by atoms with Gasteiger partial charge in [0.25, 0.3) is 5.91 Å². The lowest BCUT2D eigenvalue weighted by molar-refractivity contribution is -0.133. The topological polar surface area (TPSA) is 51.0 Å². The van der Waals surface area contributed by atoms with Gasteiger partial charge in [0, 0.05) is 25.6 Å². The van der Waals surface area contributed by atoms with E-state index in [0.29, 0.717) is 6.54 Å². The average Bonchev–Trinajstić information content (AvgIpc) is 3.11. The number of nitrogens with zero attached hydrogens (tertiary/aromatic N) is 4. The summed E-state index contributed by atoms with van der Waals surface area (Å²) in [6.07, 6.45) is 5.22. The van der Waals surface area contributed by atoms with Crippen LogP contribution in [0.4, 0.5) is 0 Å². The molecule has 0 aliphatic rings. The van der Waals surface area contributed by atoms with Gasteiger partial charge in [-0.2, -0.15) is 5.10 Å². The number of hydrogen-bond acceptors (Lipinski definition) is 3. The minimum atomic E-state index is -0.472. The summed E-state index contributed by atoms with van der Waals surface area (Å²) >= 11 is 0. The van der Waals surface area contributed by atoms with Gasteiger partial charge in [0.1, 0.15) is 0 Å². The monoisotopic (exact) mass is 306 g/mol. The third-order valence-corrected chi connectivity index (χ3v) is 3.64. The lowest BCUT2D eigenvalue weighted by Crippen LogP contribution is -2.35. The lowest BCUT2D eigenvalue weighted by Gasteiger charge is -2.24. The second-order valence-electron chi connectivity index (χ2n) is 5.31. The Morgan fingerprint density at radius 3 is 2.52 bits per heavy atom. The van der Waals surface area contributed by atoms with Crippen molar-refractivity contribution in [3.05, 3.63) is 84.4 Å². The fourth-order valence-corrected chi connectivity index (χ4v) is 2.50. The van der Waals surface area contributed by atoms with Crippen LogP contribution in [0.5, 0.6) is 0 Å². The van der Waals surface area contributed by atoms with Crippen LogP contribution in [0.15, 0.2) is 73.2 Å². The first-order valence-electron chi connectivity index (χ1n) is 7.44. The number of carbonyl (C=O) groups is 1. The van der Waals surface area contributed by atoms with Crippen molar-refractivity contribution in [3.63, 3.8) is 0 Å². The zero-order valence-electron chi connectivity index (χ0n) is 12.9. The Hall–Kier alpha value is -2.95. The summed E-state index contributed by atoms with van der Waals surface area (Å²) in [6, 6.07) is 16.7. The van der Waals surface area contributed by atoms with Crippen molar-refractivity contribution in [2.24, 2.45) is 0 Å². The van der Waals surface area contributed by atoms with Gasteiger partial charge in [-0.05, 0) is 23.8 Å². The molecule has 0 fully saturated rings. The molecule has 0 spiro atoms. The highest BCUT2D eigenvalue weighted by Gasteiger charge is 2.26. The summed E-state index contributed by atoms with van der Waals surface area (Å²) in [5.41, 5.74) is 1.77. The standard InChI is InChI=1S/C18H18N4O/c1-21(14-16-10-5-6-11-19-16)18(23)17(22-13-7-12-20-22)15-8-3-2-4-9-15/h2-13,17H,14H2,1H3/t17-/m1/s1. The molecule has 0 aliphatic carbocycles. The normalized spacial score (nSPS) is 11.9. The molecule has 116 valence electrons. The molecular formula is C18H18N4O. The lowest BCUT2D eigenvalue weighted by atomic mass is 10.1. The number of carbonyl (C=O) groups excluding carboxylic acids is 1. The molecule has 0 saturated heterocycles. The van der Waals surface area contributed by atoms with E-state index in [1.165, 1.54) is 0 Å². The summed E-state index contributed by atoms with van der Waals surface area (Å²) in [5.74, 6) is -0.0226. The Balaban J connectivity index is 1.86. The second-order valence-corrected chi connectivity index (χ2v) is 5.31. The van der Waals surface area contributed by atoms with E-state index in [-0.39, 0.29) is 5.91 Å². The smallest absolute Gasteiger partial charge is 0.252 e. The quantitative estimate of drug-likeness (QED) is 0.728. The summed E-state index contributed by atoms with van der Waals surface area (Å²) < 4.78 is 1.69. The van der Waals surface area contributed by atoms with Crippen molar-refractivity contribution in [2.75, 3.05) is 7.05 Å². The number of amides is 1. The van der Waals surface area contributed by atoms with E-state index < -0.39 is 6.04 Å². The van der Waals surface area contributed by atoms with E-state index in [1.807, 2.05) is 60.8 Å².